The number of aromatic nitrogens is 1. The van der Waals surface area contributed by atoms with Crippen LogP contribution in [0.2, 0.25) is 0 Å². The topological polar surface area (TPSA) is 63.3 Å². The fraction of sp³-hybridized carbons (Fsp3) is 0. The third-order valence-electron chi connectivity index (χ3n) is 1.93. The second-order valence-corrected chi connectivity index (χ2v) is 3.80. The minimum absolute atomic E-state index is 0.0719. The second-order valence-electron chi connectivity index (χ2n) is 2.89. The lowest BCUT2D eigenvalue weighted by atomic mass is 10.1. The van der Waals surface area contributed by atoms with Crippen LogP contribution in [0.5, 0.6) is 0 Å². The van der Waals surface area contributed by atoms with Crippen LogP contribution < -0.4 is 0 Å². The van der Waals surface area contributed by atoms with Gasteiger partial charge in [-0.25, -0.2) is 4.79 Å². The molecule has 0 amide bonds. The normalized spacial score (nSPS) is 10.2. The van der Waals surface area contributed by atoms with Crippen LogP contribution >= 0.6 is 15.9 Å². The van der Waals surface area contributed by atoms with Gasteiger partial charge in [-0.05, 0) is 17.7 Å². The van der Waals surface area contributed by atoms with Crippen molar-refractivity contribution in [2.75, 3.05) is 0 Å². The summed E-state index contributed by atoms with van der Waals surface area (Å²) in [4.78, 5) is 10.8. The molecule has 5 heteroatoms. The first kappa shape index (κ1) is 9.92. The third-order valence-corrected chi connectivity index (χ3v) is 2.46. The van der Waals surface area contributed by atoms with E-state index in [-0.39, 0.29) is 5.69 Å². The molecule has 15 heavy (non-hydrogen) atoms. The molecule has 2 aromatic rings. The summed E-state index contributed by atoms with van der Waals surface area (Å²) >= 11 is 3.30. The summed E-state index contributed by atoms with van der Waals surface area (Å²) in [6, 6.07) is 7.24. The van der Waals surface area contributed by atoms with Gasteiger partial charge in [0.1, 0.15) is 6.26 Å². The average Bonchev–Trinajstić information content (AvgIpc) is 2.67. The first-order chi connectivity index (χ1) is 7.18. The average molecular weight is 268 g/mol. The zero-order valence-electron chi connectivity index (χ0n) is 7.48. The van der Waals surface area contributed by atoms with E-state index in [2.05, 4.69) is 25.6 Å². The van der Waals surface area contributed by atoms with Gasteiger partial charge in [-0.3, -0.25) is 0 Å². The van der Waals surface area contributed by atoms with E-state index in [0.717, 1.165) is 10.0 Å². The molecule has 76 valence electrons. The molecule has 4 nitrogen and oxygen atoms in total. The van der Waals surface area contributed by atoms with Crippen molar-refractivity contribution in [2.45, 2.75) is 0 Å². The van der Waals surface area contributed by atoms with Gasteiger partial charge in [0.25, 0.3) is 0 Å². The Kier molecular flexibility index (Phi) is 2.55. The molecule has 0 unspecified atom stereocenters. The van der Waals surface area contributed by atoms with Gasteiger partial charge in [-0.15, -0.1) is 0 Å². The molecule has 0 bridgehead atoms. The van der Waals surface area contributed by atoms with Gasteiger partial charge >= 0.3 is 5.97 Å². The lowest BCUT2D eigenvalue weighted by Crippen LogP contribution is -1.98. The minimum atomic E-state index is -1.10. The number of hydrogen-bond acceptors (Lipinski definition) is 3. The molecule has 1 aromatic heterocycles. The smallest absolute Gasteiger partial charge is 0.358 e. The zero-order valence-corrected chi connectivity index (χ0v) is 9.06. The maximum Gasteiger partial charge on any atom is 0.358 e. The monoisotopic (exact) mass is 267 g/mol. The van der Waals surface area contributed by atoms with Gasteiger partial charge in [0.2, 0.25) is 0 Å². The summed E-state index contributed by atoms with van der Waals surface area (Å²) < 4.78 is 5.58. The zero-order chi connectivity index (χ0) is 10.8. The van der Waals surface area contributed by atoms with E-state index >= 15 is 0 Å². The van der Waals surface area contributed by atoms with Crippen molar-refractivity contribution in [3.05, 3.63) is 40.7 Å². The fourth-order valence-corrected chi connectivity index (χ4v) is 1.49. The number of nitrogens with zero attached hydrogens (tertiary/aromatic N) is 1. The van der Waals surface area contributed by atoms with E-state index in [1.165, 1.54) is 6.26 Å². The van der Waals surface area contributed by atoms with Crippen molar-refractivity contribution in [1.82, 2.24) is 5.16 Å². The van der Waals surface area contributed by atoms with E-state index in [1.807, 2.05) is 12.1 Å². The van der Waals surface area contributed by atoms with Crippen LogP contribution in [0.3, 0.4) is 0 Å². The number of carbonyl (C=O) groups is 1. The van der Waals surface area contributed by atoms with Gasteiger partial charge in [0.05, 0.1) is 5.56 Å². The Morgan fingerprint density at radius 3 is 2.60 bits per heavy atom. The summed E-state index contributed by atoms with van der Waals surface area (Å²) in [7, 11) is 0. The van der Waals surface area contributed by atoms with Crippen molar-refractivity contribution < 1.29 is 14.4 Å². The van der Waals surface area contributed by atoms with Crippen LogP contribution in [-0.4, -0.2) is 16.2 Å². The van der Waals surface area contributed by atoms with Crippen LogP contribution in [0.1, 0.15) is 10.5 Å². The van der Waals surface area contributed by atoms with Gasteiger partial charge < -0.3 is 9.63 Å². The number of rotatable bonds is 2. The summed E-state index contributed by atoms with van der Waals surface area (Å²) in [5.74, 6) is -1.10. The molecule has 0 fully saturated rings. The van der Waals surface area contributed by atoms with E-state index in [1.54, 1.807) is 12.1 Å². The third kappa shape index (κ3) is 1.92. The van der Waals surface area contributed by atoms with Crippen LogP contribution in [0.25, 0.3) is 11.1 Å². The molecule has 0 saturated carbocycles. The lowest BCUT2D eigenvalue weighted by Gasteiger charge is -1.97. The predicted molar refractivity (Wildman–Crippen MR) is 56.6 cm³/mol. The summed E-state index contributed by atoms with van der Waals surface area (Å²) in [6.07, 6.45) is 1.33. The molecule has 1 N–H and O–H groups in total. The highest BCUT2D eigenvalue weighted by Crippen LogP contribution is 2.24. The van der Waals surface area contributed by atoms with E-state index < -0.39 is 5.97 Å². The predicted octanol–water partition coefficient (Wildman–Crippen LogP) is 2.80. The number of benzene rings is 1. The standard InChI is InChI=1S/C10H6BrNO3/c11-7-3-1-6(2-4-7)8-5-15-12-9(8)10(13)14/h1-5H,(H,13,14). The number of aromatic carboxylic acids is 1. The quantitative estimate of drug-likeness (QED) is 0.909. The van der Waals surface area contributed by atoms with Crippen molar-refractivity contribution >= 4 is 21.9 Å². The Morgan fingerprint density at radius 2 is 2.00 bits per heavy atom. The molecule has 0 aliphatic carbocycles. The second kappa shape index (κ2) is 3.86. The summed E-state index contributed by atoms with van der Waals surface area (Å²) in [5.41, 5.74) is 1.17. The Morgan fingerprint density at radius 1 is 1.33 bits per heavy atom. The molecule has 1 aromatic carbocycles. The fourth-order valence-electron chi connectivity index (χ4n) is 1.23. The van der Waals surface area contributed by atoms with E-state index in [9.17, 15) is 4.79 Å². The highest BCUT2D eigenvalue weighted by molar-refractivity contribution is 9.10. The largest absolute Gasteiger partial charge is 0.476 e. The molecule has 0 aliphatic heterocycles. The molecular formula is C10H6BrNO3. The molecule has 0 atom stereocenters. The lowest BCUT2D eigenvalue weighted by molar-refractivity contribution is 0.0686. The Balaban J connectivity index is 2.49. The molecule has 2 rings (SSSR count). The van der Waals surface area contributed by atoms with E-state index in [0.29, 0.717) is 5.56 Å². The molecular weight excluding hydrogens is 262 g/mol. The number of halogens is 1. The molecule has 1 heterocycles. The Hall–Kier alpha value is -1.62. The molecule has 0 spiro atoms. The molecule has 0 saturated heterocycles. The summed E-state index contributed by atoms with van der Waals surface area (Å²) in [6.45, 7) is 0. The highest BCUT2D eigenvalue weighted by atomic mass is 79.9. The number of hydrogen-bond donors (Lipinski definition) is 1. The SMILES string of the molecule is O=C(O)c1nocc1-c1ccc(Br)cc1. The first-order valence-corrected chi connectivity index (χ1v) is 4.91. The first-order valence-electron chi connectivity index (χ1n) is 4.12. The van der Waals surface area contributed by atoms with Crippen molar-refractivity contribution in [1.29, 1.82) is 0 Å². The van der Waals surface area contributed by atoms with Crippen LogP contribution in [0.15, 0.2) is 39.5 Å². The highest BCUT2D eigenvalue weighted by Gasteiger charge is 2.16. The van der Waals surface area contributed by atoms with E-state index in [4.69, 9.17) is 5.11 Å². The van der Waals surface area contributed by atoms with Crippen LogP contribution in [0, 0.1) is 0 Å². The molecule has 0 radical (unpaired) electrons. The van der Waals surface area contributed by atoms with Crippen molar-refractivity contribution in [3.63, 3.8) is 0 Å². The Labute approximate surface area is 93.6 Å². The number of carboxylic acid groups (broad SMARTS) is 1. The van der Waals surface area contributed by atoms with Crippen molar-refractivity contribution in [3.8, 4) is 11.1 Å². The van der Waals surface area contributed by atoms with Crippen molar-refractivity contribution in [2.24, 2.45) is 0 Å². The van der Waals surface area contributed by atoms with Gasteiger partial charge in [0, 0.05) is 4.47 Å². The van der Waals surface area contributed by atoms with Gasteiger partial charge in [-0.1, -0.05) is 33.2 Å². The number of carboxylic acids is 1. The van der Waals surface area contributed by atoms with Crippen LogP contribution in [0.4, 0.5) is 0 Å². The maximum atomic E-state index is 10.8. The van der Waals surface area contributed by atoms with Crippen LogP contribution in [-0.2, 0) is 0 Å². The van der Waals surface area contributed by atoms with Gasteiger partial charge in [0.15, 0.2) is 5.69 Å². The minimum Gasteiger partial charge on any atom is -0.476 e. The maximum absolute atomic E-state index is 10.8. The Bertz CT molecular complexity index is 490. The summed E-state index contributed by atoms with van der Waals surface area (Å²) in [5, 5.41) is 12.3. The molecule has 0 aliphatic rings. The van der Waals surface area contributed by atoms with Gasteiger partial charge in [-0.2, -0.15) is 0 Å².